The van der Waals surface area contributed by atoms with Gasteiger partial charge in [-0.2, -0.15) is 4.98 Å². The second kappa shape index (κ2) is 17.5. The third kappa shape index (κ3) is 10.8. The highest BCUT2D eigenvalue weighted by atomic mass is 31.2. The first kappa shape index (κ1) is 40.3. The van der Waals surface area contributed by atoms with E-state index in [1.54, 1.807) is 20.8 Å². The number of hydrogen-bond donors (Lipinski definition) is 7. The Morgan fingerprint density at radius 2 is 1.60 bits per heavy atom. The van der Waals surface area contributed by atoms with Crippen molar-refractivity contribution in [1.29, 1.82) is 0 Å². The van der Waals surface area contributed by atoms with Crippen molar-refractivity contribution in [3.8, 4) is 0 Å². The highest BCUT2D eigenvalue weighted by molar-refractivity contribution is 7.54. The first-order valence-electron chi connectivity index (χ1n) is 15.7. The number of anilines is 2. The van der Waals surface area contributed by atoms with Gasteiger partial charge >= 0.3 is 19.6 Å². The number of aromatic amines is 1. The fourth-order valence-electron chi connectivity index (χ4n) is 5.22. The summed E-state index contributed by atoms with van der Waals surface area (Å²) in [5.74, 6) is -3.05. The van der Waals surface area contributed by atoms with Crippen molar-refractivity contribution < 1.29 is 43.1 Å². The number of ether oxygens (including phenoxy) is 3. The molecule has 1 heterocycles. The SMILES string of the molecule is CCOC(=O)[C@H](CC(C)C)NP(=O)(N[C@@H](CC(C)C)C(=O)OCC)OCC(OC)C(O)C1(O)C(C)C1/C=N\c1c(N)nc(N)[nH]c1=O. The van der Waals surface area contributed by atoms with Crippen LogP contribution in [0.25, 0.3) is 0 Å². The van der Waals surface area contributed by atoms with Crippen LogP contribution in [0.3, 0.4) is 0 Å². The molecule has 1 aliphatic carbocycles. The predicted octanol–water partition coefficient (Wildman–Crippen LogP) is 1.27. The number of carbonyl (C=O) groups excluding carboxylic acids is 2. The number of esters is 2. The molecule has 9 N–H and O–H groups in total. The van der Waals surface area contributed by atoms with Crippen LogP contribution in [0.1, 0.15) is 61.3 Å². The second-order valence-corrected chi connectivity index (χ2v) is 14.2. The van der Waals surface area contributed by atoms with E-state index in [-0.39, 0.29) is 55.3 Å². The second-order valence-electron chi connectivity index (χ2n) is 12.4. The van der Waals surface area contributed by atoms with Crippen LogP contribution in [-0.2, 0) is 32.9 Å². The number of aliphatic hydroxyl groups excluding tert-OH is 1. The van der Waals surface area contributed by atoms with E-state index in [1.807, 2.05) is 27.7 Å². The van der Waals surface area contributed by atoms with Gasteiger partial charge in [0, 0.05) is 19.2 Å². The summed E-state index contributed by atoms with van der Waals surface area (Å²) < 4.78 is 36.2. The average Bonchev–Trinajstić information content (AvgIpc) is 3.50. The zero-order chi connectivity index (χ0) is 35.7. The molecule has 1 aromatic heterocycles. The van der Waals surface area contributed by atoms with Gasteiger partial charge in [-0.25, -0.2) is 10.2 Å². The first-order chi connectivity index (χ1) is 21.9. The molecule has 0 aliphatic heterocycles. The van der Waals surface area contributed by atoms with Gasteiger partial charge in [0.1, 0.15) is 29.9 Å². The molecule has 2 rings (SSSR count). The third-order valence-electron chi connectivity index (χ3n) is 7.75. The number of nitrogen functional groups attached to an aromatic ring is 2. The van der Waals surface area contributed by atoms with Gasteiger partial charge in [-0.3, -0.25) is 28.9 Å². The molecule has 1 fully saturated rings. The lowest BCUT2D eigenvalue weighted by Crippen LogP contribution is -2.48. The number of nitrogens with two attached hydrogens (primary N) is 2. The highest BCUT2D eigenvalue weighted by Crippen LogP contribution is 2.53. The smallest absolute Gasteiger partial charge is 0.342 e. The van der Waals surface area contributed by atoms with E-state index in [4.69, 9.17) is 30.2 Å². The Kier molecular flexibility index (Phi) is 15.0. The Labute approximate surface area is 275 Å². The van der Waals surface area contributed by atoms with Gasteiger partial charge in [0.2, 0.25) is 5.95 Å². The van der Waals surface area contributed by atoms with E-state index in [1.165, 1.54) is 13.3 Å². The number of aromatic nitrogens is 2. The number of rotatable bonds is 20. The lowest BCUT2D eigenvalue weighted by molar-refractivity contribution is -0.146. The fourth-order valence-corrected chi connectivity index (χ4v) is 7.04. The number of nitrogens with zero attached hydrogens (tertiary/aromatic N) is 2. The Bertz CT molecular complexity index is 1300. The summed E-state index contributed by atoms with van der Waals surface area (Å²) in [5, 5.41) is 28.2. The number of H-pyrrole nitrogens is 1. The Balaban J connectivity index is 2.36. The van der Waals surface area contributed by atoms with Crippen molar-refractivity contribution in [2.24, 2.45) is 28.7 Å². The summed E-state index contributed by atoms with van der Waals surface area (Å²) in [6.07, 6.45) is -1.11. The maximum atomic E-state index is 14.5. The van der Waals surface area contributed by atoms with Crippen LogP contribution in [0.5, 0.6) is 0 Å². The van der Waals surface area contributed by atoms with Crippen molar-refractivity contribution in [2.75, 3.05) is 38.4 Å². The molecular weight excluding hydrogens is 637 g/mol. The van der Waals surface area contributed by atoms with Crippen molar-refractivity contribution in [2.45, 2.75) is 91.2 Å². The molecule has 47 heavy (non-hydrogen) atoms. The average molecular weight is 690 g/mol. The summed E-state index contributed by atoms with van der Waals surface area (Å²) in [4.78, 5) is 48.1. The molecule has 0 bridgehead atoms. The maximum absolute atomic E-state index is 14.5. The van der Waals surface area contributed by atoms with Gasteiger partial charge in [0.25, 0.3) is 5.56 Å². The van der Waals surface area contributed by atoms with E-state index >= 15 is 0 Å². The summed E-state index contributed by atoms with van der Waals surface area (Å²) in [6.45, 7) is 12.0. The molecule has 0 saturated heterocycles. The lowest BCUT2D eigenvalue weighted by Gasteiger charge is -2.32. The molecule has 0 radical (unpaired) electrons. The standard InChI is InChI=1S/C29H52N7O10P/c1-9-44-26(39)19(11-15(3)4)35-47(42,36-20(12-16(5)6)27(40)45-10-2)46-14-21(43-8)23(37)29(41)17(7)18(29)13-32-22-24(30)33-28(31)34-25(22)38/h13,15-21,23,37,41H,9-12,14H2,1-8H3,(H2,35,36,42)(H5,30,31,33,34,38)/b32-13-/t17?,18?,19-,20-,21?,23?,29?/m0/s1. The fraction of sp³-hybridized carbons (Fsp3) is 0.759. The van der Waals surface area contributed by atoms with Crippen molar-refractivity contribution in [1.82, 2.24) is 20.1 Å². The lowest BCUT2D eigenvalue weighted by atomic mass is 10.0. The predicted molar refractivity (Wildman–Crippen MR) is 176 cm³/mol. The van der Waals surface area contributed by atoms with E-state index in [0.717, 1.165) is 0 Å². The van der Waals surface area contributed by atoms with E-state index < -0.39 is 73.5 Å². The number of hydrogen-bond acceptors (Lipinski definition) is 14. The molecule has 0 spiro atoms. The largest absolute Gasteiger partial charge is 0.465 e. The van der Waals surface area contributed by atoms with Gasteiger partial charge in [-0.05, 0) is 44.4 Å². The summed E-state index contributed by atoms with van der Waals surface area (Å²) in [7, 11) is -3.04. The zero-order valence-corrected chi connectivity index (χ0v) is 29.3. The number of nitrogens with one attached hydrogen (secondary N) is 3. The van der Waals surface area contributed by atoms with Crippen LogP contribution >= 0.6 is 7.67 Å². The minimum absolute atomic E-state index is 0.0189. The third-order valence-corrected chi connectivity index (χ3v) is 9.57. The van der Waals surface area contributed by atoms with Crippen molar-refractivity contribution >= 4 is 43.3 Å². The van der Waals surface area contributed by atoms with Crippen molar-refractivity contribution in [3.63, 3.8) is 0 Å². The van der Waals surface area contributed by atoms with Gasteiger partial charge in [-0.1, -0.05) is 34.6 Å². The molecule has 0 amide bonds. The van der Waals surface area contributed by atoms with Crippen LogP contribution in [0.4, 0.5) is 17.5 Å². The van der Waals surface area contributed by atoms with Gasteiger partial charge in [0.05, 0.1) is 19.8 Å². The quantitative estimate of drug-likeness (QED) is 0.0577. The summed E-state index contributed by atoms with van der Waals surface area (Å²) >= 11 is 0. The van der Waals surface area contributed by atoms with Gasteiger partial charge < -0.3 is 40.4 Å². The molecule has 18 heteroatoms. The minimum atomic E-state index is -4.31. The molecule has 1 aromatic rings. The molecular formula is C29H52N7O10P. The zero-order valence-electron chi connectivity index (χ0n) is 28.4. The minimum Gasteiger partial charge on any atom is -0.465 e. The number of methoxy groups -OCH3 is 1. The Hall–Kier alpha value is -2.92. The number of aliphatic imine (C=N–C) groups is 1. The number of aliphatic hydroxyl groups is 2. The molecule has 5 unspecified atom stereocenters. The Morgan fingerprint density at radius 1 is 1.09 bits per heavy atom. The van der Waals surface area contributed by atoms with Crippen LogP contribution in [-0.4, -0.2) is 95.2 Å². The molecule has 17 nitrogen and oxygen atoms in total. The van der Waals surface area contributed by atoms with E-state index in [2.05, 4.69) is 25.1 Å². The normalized spacial score (nSPS) is 22.3. The summed E-state index contributed by atoms with van der Waals surface area (Å²) in [5.41, 5.74) is 8.58. The highest BCUT2D eigenvalue weighted by Gasteiger charge is 2.66. The maximum Gasteiger partial charge on any atom is 0.342 e. The number of carbonyl (C=O) groups is 2. The molecule has 1 saturated carbocycles. The van der Waals surface area contributed by atoms with Gasteiger partial charge in [-0.15, -0.1) is 0 Å². The Morgan fingerprint density at radius 3 is 2.02 bits per heavy atom. The monoisotopic (exact) mass is 689 g/mol. The molecule has 0 aromatic carbocycles. The van der Waals surface area contributed by atoms with Crippen molar-refractivity contribution in [3.05, 3.63) is 10.4 Å². The molecule has 268 valence electrons. The molecule has 1 aliphatic rings. The van der Waals surface area contributed by atoms with Crippen LogP contribution < -0.4 is 27.2 Å². The van der Waals surface area contributed by atoms with E-state index in [0.29, 0.717) is 0 Å². The van der Waals surface area contributed by atoms with E-state index in [9.17, 15) is 29.2 Å². The summed E-state index contributed by atoms with van der Waals surface area (Å²) in [6, 6.07) is -2.15. The first-order valence-corrected chi connectivity index (χ1v) is 17.3. The van der Waals surface area contributed by atoms with Crippen LogP contribution in [0.2, 0.25) is 0 Å². The van der Waals surface area contributed by atoms with Gasteiger partial charge in [0.15, 0.2) is 11.5 Å². The van der Waals surface area contributed by atoms with Crippen LogP contribution in [0.15, 0.2) is 9.79 Å². The van der Waals surface area contributed by atoms with Crippen LogP contribution in [0, 0.1) is 23.7 Å². The molecule has 7 atom stereocenters. The topological polar surface area (TPSA) is 263 Å².